The molecule has 0 aliphatic carbocycles. The molecule has 0 saturated carbocycles. The van der Waals surface area contributed by atoms with Gasteiger partial charge in [-0.15, -0.1) is 0 Å². The van der Waals surface area contributed by atoms with Crippen LogP contribution in [0.5, 0.6) is 0 Å². The molecule has 0 spiro atoms. The van der Waals surface area contributed by atoms with Crippen LogP contribution in [0.2, 0.25) is 0 Å². The maximum absolute atomic E-state index is 10.0. The van der Waals surface area contributed by atoms with E-state index in [1.54, 1.807) is 0 Å². The summed E-state index contributed by atoms with van der Waals surface area (Å²) in [5.41, 5.74) is 0. The summed E-state index contributed by atoms with van der Waals surface area (Å²) in [6.45, 7) is 2.71. The first-order valence-electron chi connectivity index (χ1n) is 11.1. The van der Waals surface area contributed by atoms with Crippen molar-refractivity contribution in [2.45, 2.75) is 108 Å². The third-order valence-electron chi connectivity index (χ3n) is 5.22. The van der Waals surface area contributed by atoms with Crippen molar-refractivity contribution in [3.8, 4) is 0 Å². The zero-order valence-corrected chi connectivity index (χ0v) is 17.2. The van der Waals surface area contributed by atoms with Gasteiger partial charge in [0.25, 0.3) is 0 Å². The number of unbranched alkanes of at least 4 members (excludes halogenated alkanes) is 10. The van der Waals surface area contributed by atoms with Gasteiger partial charge in [-0.2, -0.15) is 0 Å². The van der Waals surface area contributed by atoms with Crippen LogP contribution in [0.1, 0.15) is 84.0 Å². The fourth-order valence-corrected chi connectivity index (χ4v) is 3.43. The summed E-state index contributed by atoms with van der Waals surface area (Å²) in [6.07, 6.45) is 16.6. The largest absolute Gasteiger partial charge is 0.394 e. The first-order valence-corrected chi connectivity index (χ1v) is 11.1. The van der Waals surface area contributed by atoms with Crippen LogP contribution in [0, 0.1) is 0 Å². The van der Waals surface area contributed by atoms with E-state index in [0.717, 1.165) is 12.8 Å². The summed E-state index contributed by atoms with van der Waals surface area (Å²) in [6, 6.07) is 0. The predicted octanol–water partition coefficient (Wildman–Crippen LogP) is 3.74. The Bertz CT molecular complexity index is 361. The lowest BCUT2D eigenvalue weighted by Gasteiger charge is -2.20. The van der Waals surface area contributed by atoms with Crippen LogP contribution < -0.4 is 0 Å². The quantitative estimate of drug-likeness (QED) is 0.262. The molecule has 0 aromatic heterocycles. The van der Waals surface area contributed by atoms with E-state index in [2.05, 4.69) is 19.1 Å². The van der Waals surface area contributed by atoms with Gasteiger partial charge in [0.15, 0.2) is 0 Å². The summed E-state index contributed by atoms with van der Waals surface area (Å²) in [5, 5.41) is 28.5. The van der Waals surface area contributed by atoms with Gasteiger partial charge in [-0.05, 0) is 32.1 Å². The summed E-state index contributed by atoms with van der Waals surface area (Å²) in [5.74, 6) is 0. The second-order valence-corrected chi connectivity index (χ2v) is 7.68. The van der Waals surface area contributed by atoms with Crippen LogP contribution in [-0.4, -0.2) is 59.6 Å². The minimum Gasteiger partial charge on any atom is -0.394 e. The molecular formula is C22H42O5. The predicted molar refractivity (Wildman–Crippen MR) is 109 cm³/mol. The number of aliphatic hydroxyl groups excluding tert-OH is 3. The van der Waals surface area contributed by atoms with E-state index in [1.807, 2.05) is 0 Å². The van der Waals surface area contributed by atoms with Crippen LogP contribution in [0.15, 0.2) is 12.2 Å². The molecule has 5 nitrogen and oxygen atoms in total. The monoisotopic (exact) mass is 386 g/mol. The van der Waals surface area contributed by atoms with Gasteiger partial charge in [0, 0.05) is 6.61 Å². The molecule has 1 saturated heterocycles. The zero-order chi connectivity index (χ0) is 19.7. The lowest BCUT2D eigenvalue weighted by Crippen LogP contribution is -2.41. The van der Waals surface area contributed by atoms with E-state index < -0.39 is 31.0 Å². The van der Waals surface area contributed by atoms with Crippen molar-refractivity contribution in [1.82, 2.24) is 0 Å². The molecule has 1 heterocycles. The van der Waals surface area contributed by atoms with Gasteiger partial charge in [-0.25, -0.2) is 0 Å². The van der Waals surface area contributed by atoms with E-state index >= 15 is 0 Å². The molecule has 3 N–H and O–H groups in total. The summed E-state index contributed by atoms with van der Waals surface area (Å²) in [4.78, 5) is 0. The SMILES string of the molecule is CCCCCCC/C=C/CCCCCCCO[C@H]1CO[C@H]([C@H](O)CO)[C@@H]1O. The van der Waals surface area contributed by atoms with Gasteiger partial charge < -0.3 is 24.8 Å². The van der Waals surface area contributed by atoms with Gasteiger partial charge in [-0.1, -0.05) is 64.0 Å². The van der Waals surface area contributed by atoms with Crippen molar-refractivity contribution in [2.75, 3.05) is 19.8 Å². The van der Waals surface area contributed by atoms with Crippen molar-refractivity contribution in [1.29, 1.82) is 0 Å². The highest BCUT2D eigenvalue weighted by molar-refractivity contribution is 4.88. The van der Waals surface area contributed by atoms with Gasteiger partial charge in [-0.3, -0.25) is 0 Å². The first kappa shape index (κ1) is 24.6. The molecule has 0 unspecified atom stereocenters. The van der Waals surface area contributed by atoms with Crippen LogP contribution >= 0.6 is 0 Å². The fraction of sp³-hybridized carbons (Fsp3) is 0.909. The fourth-order valence-electron chi connectivity index (χ4n) is 3.43. The Balaban J connectivity index is 1.87. The Kier molecular flexibility index (Phi) is 15.0. The van der Waals surface area contributed by atoms with Gasteiger partial charge >= 0.3 is 0 Å². The normalized spacial score (nSPS) is 24.1. The molecule has 4 atom stereocenters. The molecule has 0 radical (unpaired) electrons. The van der Waals surface area contributed by atoms with E-state index in [9.17, 15) is 10.2 Å². The van der Waals surface area contributed by atoms with Crippen LogP contribution in [0.3, 0.4) is 0 Å². The molecule has 0 amide bonds. The second kappa shape index (κ2) is 16.5. The number of ether oxygens (including phenoxy) is 2. The first-order chi connectivity index (χ1) is 13.2. The van der Waals surface area contributed by atoms with Crippen molar-refractivity contribution in [3.05, 3.63) is 12.2 Å². The van der Waals surface area contributed by atoms with E-state index in [-0.39, 0.29) is 6.61 Å². The Morgan fingerprint density at radius 3 is 2.19 bits per heavy atom. The average molecular weight is 387 g/mol. The topological polar surface area (TPSA) is 79.2 Å². The zero-order valence-electron chi connectivity index (χ0n) is 17.2. The summed E-state index contributed by atoms with van der Waals surface area (Å²) < 4.78 is 11.0. The number of hydrogen-bond acceptors (Lipinski definition) is 5. The Hall–Kier alpha value is -0.460. The number of hydrogen-bond donors (Lipinski definition) is 3. The third kappa shape index (κ3) is 11.2. The maximum Gasteiger partial charge on any atom is 0.114 e. The van der Waals surface area contributed by atoms with Crippen LogP contribution in [0.25, 0.3) is 0 Å². The third-order valence-corrected chi connectivity index (χ3v) is 5.22. The lowest BCUT2D eigenvalue weighted by molar-refractivity contribution is -0.0730. The minimum absolute atomic E-state index is 0.272. The summed E-state index contributed by atoms with van der Waals surface area (Å²) >= 11 is 0. The molecule has 0 aromatic rings. The van der Waals surface area contributed by atoms with Gasteiger partial charge in [0.2, 0.25) is 0 Å². The van der Waals surface area contributed by atoms with Crippen LogP contribution in [-0.2, 0) is 9.47 Å². The minimum atomic E-state index is -1.05. The van der Waals surface area contributed by atoms with E-state index in [4.69, 9.17) is 14.6 Å². The average Bonchev–Trinajstić information content (AvgIpc) is 3.04. The van der Waals surface area contributed by atoms with Crippen molar-refractivity contribution in [2.24, 2.45) is 0 Å². The molecule has 1 aliphatic heterocycles. The molecule has 27 heavy (non-hydrogen) atoms. The maximum atomic E-state index is 10.0. The van der Waals surface area contributed by atoms with Gasteiger partial charge in [0.05, 0.1) is 13.2 Å². The highest BCUT2D eigenvalue weighted by Gasteiger charge is 2.40. The Labute approximate surface area is 165 Å². The Morgan fingerprint density at radius 1 is 0.963 bits per heavy atom. The molecule has 1 fully saturated rings. The summed E-state index contributed by atoms with van der Waals surface area (Å²) in [7, 11) is 0. The highest BCUT2D eigenvalue weighted by atomic mass is 16.6. The Morgan fingerprint density at radius 2 is 1.56 bits per heavy atom. The van der Waals surface area contributed by atoms with Crippen molar-refractivity contribution >= 4 is 0 Å². The smallest absolute Gasteiger partial charge is 0.114 e. The molecular weight excluding hydrogens is 344 g/mol. The van der Waals surface area contributed by atoms with Crippen molar-refractivity contribution in [3.63, 3.8) is 0 Å². The number of aliphatic hydroxyl groups is 3. The highest BCUT2D eigenvalue weighted by Crippen LogP contribution is 2.20. The number of rotatable bonds is 17. The van der Waals surface area contributed by atoms with Crippen molar-refractivity contribution < 1.29 is 24.8 Å². The number of allylic oxidation sites excluding steroid dienone is 2. The van der Waals surface area contributed by atoms with E-state index in [0.29, 0.717) is 6.61 Å². The molecule has 1 rings (SSSR count). The lowest BCUT2D eigenvalue weighted by atomic mass is 10.1. The molecule has 160 valence electrons. The van der Waals surface area contributed by atoms with Gasteiger partial charge in [0.1, 0.15) is 24.4 Å². The molecule has 5 heteroatoms. The molecule has 0 bridgehead atoms. The van der Waals surface area contributed by atoms with Crippen LogP contribution in [0.4, 0.5) is 0 Å². The van der Waals surface area contributed by atoms with E-state index in [1.165, 1.54) is 64.2 Å². The standard InChI is InChI=1S/C22H42O5/c1-2-3-4-5-6-7-8-9-10-11-12-13-14-15-16-26-20-18-27-22(21(20)25)19(24)17-23/h8-9,19-25H,2-7,10-18H2,1H3/b9-8+/t19-,20+,21-,22-/m1/s1. The second-order valence-electron chi connectivity index (χ2n) is 7.68. The molecule has 1 aliphatic rings. The molecule has 0 aromatic carbocycles.